The number of amides is 2. The summed E-state index contributed by atoms with van der Waals surface area (Å²) in [5.41, 5.74) is 4.60. The minimum atomic E-state index is 0. The van der Waals surface area contributed by atoms with Crippen molar-refractivity contribution >= 4 is 50.7 Å². The summed E-state index contributed by atoms with van der Waals surface area (Å²) in [7, 11) is 0. The van der Waals surface area contributed by atoms with Crippen molar-refractivity contribution in [1.29, 1.82) is 0 Å². The summed E-state index contributed by atoms with van der Waals surface area (Å²) in [4.78, 5) is 21.0. The summed E-state index contributed by atoms with van der Waals surface area (Å²) < 4.78 is 3.64. The molecule has 0 aliphatic carbocycles. The summed E-state index contributed by atoms with van der Waals surface area (Å²) in [6.45, 7) is 3.13. The molecule has 0 bridgehead atoms. The molecule has 0 N–H and O–H groups in total. The molecule has 4 aliphatic rings. The van der Waals surface area contributed by atoms with Gasteiger partial charge in [-0.3, -0.25) is 9.80 Å². The van der Waals surface area contributed by atoms with Crippen molar-refractivity contribution in [2.45, 2.75) is 11.4 Å². The van der Waals surface area contributed by atoms with Gasteiger partial charge < -0.3 is 28.9 Å². The number of thioether (sulfide) groups is 1. The molecule has 2 aromatic carbocycles. The highest BCUT2D eigenvalue weighted by Gasteiger charge is 2.44. The molecule has 0 atom stereocenters. The molecule has 30 heavy (non-hydrogen) atoms. The van der Waals surface area contributed by atoms with Gasteiger partial charge in [-0.25, -0.2) is 4.79 Å². The van der Waals surface area contributed by atoms with E-state index in [2.05, 4.69) is 64.1 Å². The topological polar surface area (TPSA) is 30.7 Å². The Morgan fingerprint density at radius 2 is 1.70 bits per heavy atom. The van der Waals surface area contributed by atoms with Crippen LogP contribution in [0, 0.1) is 0 Å². The zero-order valence-electron chi connectivity index (χ0n) is 15.9. The highest BCUT2D eigenvalue weighted by atomic mass is 127. The number of rotatable bonds is 0. The molecule has 2 amide bonds. The molecular formula is C22H17IN4OS2. The minimum absolute atomic E-state index is 0. The Bertz CT molecular complexity index is 1300. The van der Waals surface area contributed by atoms with Crippen LogP contribution < -0.4 is 33.4 Å². The molecule has 0 saturated heterocycles. The maximum Gasteiger partial charge on any atom is 0.329 e. The average molecular weight is 544 g/mol. The van der Waals surface area contributed by atoms with Crippen LogP contribution >= 0.6 is 23.1 Å². The molecule has 0 spiro atoms. The first-order valence-corrected chi connectivity index (χ1v) is 11.4. The summed E-state index contributed by atoms with van der Waals surface area (Å²) in [6.07, 6.45) is 2.24. The number of halogens is 1. The van der Waals surface area contributed by atoms with E-state index in [1.54, 1.807) is 23.1 Å². The third kappa shape index (κ3) is 2.41. The van der Waals surface area contributed by atoms with Crippen LogP contribution in [0.4, 0.5) is 10.5 Å². The second-order valence-corrected chi connectivity index (χ2v) is 9.62. The summed E-state index contributed by atoms with van der Waals surface area (Å²) in [5.74, 6) is 0. The van der Waals surface area contributed by atoms with Crippen LogP contribution in [0.25, 0.3) is 15.9 Å². The van der Waals surface area contributed by atoms with Crippen LogP contribution in [0.3, 0.4) is 0 Å². The van der Waals surface area contributed by atoms with E-state index in [9.17, 15) is 4.79 Å². The normalized spacial score (nSPS) is 19.0. The van der Waals surface area contributed by atoms with Crippen molar-refractivity contribution in [3.8, 4) is 0 Å². The summed E-state index contributed by atoms with van der Waals surface area (Å²) in [5, 5.41) is 2.35. The number of fused-ring (bicyclic) bond motifs is 9. The van der Waals surface area contributed by atoms with E-state index in [0.717, 1.165) is 37.6 Å². The number of thiazole rings is 1. The molecule has 0 saturated carbocycles. The number of benzene rings is 2. The van der Waals surface area contributed by atoms with Gasteiger partial charge in [0.1, 0.15) is 15.4 Å². The van der Waals surface area contributed by atoms with Crippen molar-refractivity contribution in [1.82, 2.24) is 9.80 Å². The number of nitrogens with zero attached hydrogens (tertiary/aromatic N) is 4. The van der Waals surface area contributed by atoms with Crippen molar-refractivity contribution in [3.63, 3.8) is 0 Å². The number of allylic oxidation sites excluding steroid dienone is 1. The third-order valence-electron chi connectivity index (χ3n) is 6.07. The molecule has 4 aliphatic heterocycles. The second kappa shape index (κ2) is 6.73. The van der Waals surface area contributed by atoms with E-state index >= 15 is 0 Å². The fraction of sp³-hybridized carbons (Fsp3) is 0.182. The monoisotopic (exact) mass is 544 g/mol. The zero-order valence-corrected chi connectivity index (χ0v) is 19.7. The first-order chi connectivity index (χ1) is 14.3. The summed E-state index contributed by atoms with van der Waals surface area (Å²) >= 11 is 3.56. The number of carbonyl (C=O) groups excluding carboxylic acids is 1. The molecule has 3 aromatic rings. The van der Waals surface area contributed by atoms with Gasteiger partial charge in [-0.2, -0.15) is 4.57 Å². The highest BCUT2D eigenvalue weighted by Crippen LogP contribution is 2.50. The molecule has 150 valence electrons. The van der Waals surface area contributed by atoms with Crippen LogP contribution in [-0.2, 0) is 6.54 Å². The lowest BCUT2D eigenvalue weighted by atomic mass is 10.1. The lowest BCUT2D eigenvalue weighted by molar-refractivity contribution is -0.672. The van der Waals surface area contributed by atoms with Crippen molar-refractivity contribution in [3.05, 3.63) is 70.3 Å². The zero-order chi connectivity index (χ0) is 19.1. The van der Waals surface area contributed by atoms with E-state index < -0.39 is 0 Å². The maximum atomic E-state index is 13.4. The molecule has 5 nitrogen and oxygen atoms in total. The van der Waals surface area contributed by atoms with Gasteiger partial charge in [0.25, 0.3) is 5.01 Å². The number of carbonyl (C=O) groups is 1. The van der Waals surface area contributed by atoms with Crippen LogP contribution in [0.2, 0.25) is 0 Å². The van der Waals surface area contributed by atoms with Crippen LogP contribution in [-0.4, -0.2) is 35.5 Å². The van der Waals surface area contributed by atoms with Crippen LogP contribution in [0.1, 0.15) is 5.01 Å². The Kier molecular flexibility index (Phi) is 4.20. The Hall–Kier alpha value is -2.04. The fourth-order valence-corrected chi connectivity index (χ4v) is 7.14. The van der Waals surface area contributed by atoms with E-state index in [4.69, 9.17) is 0 Å². The van der Waals surface area contributed by atoms with Gasteiger partial charge in [0.05, 0.1) is 17.9 Å². The maximum absolute atomic E-state index is 13.4. The smallest absolute Gasteiger partial charge is 0.329 e. The average Bonchev–Trinajstić information content (AvgIpc) is 3.32. The number of hydrogen-bond acceptors (Lipinski definition) is 4. The van der Waals surface area contributed by atoms with Gasteiger partial charge in [0.15, 0.2) is 6.54 Å². The lowest BCUT2D eigenvalue weighted by Crippen LogP contribution is -3.00. The van der Waals surface area contributed by atoms with Gasteiger partial charge in [-0.05, 0) is 24.3 Å². The van der Waals surface area contributed by atoms with Gasteiger partial charge >= 0.3 is 6.03 Å². The molecule has 7 rings (SSSR count). The van der Waals surface area contributed by atoms with Gasteiger partial charge in [0, 0.05) is 24.1 Å². The Labute approximate surface area is 199 Å². The standard InChI is InChI=1S/C22H17N4OS2.HI/c27-22-25-11-9-23-14-5-1-3-7-18(14)28-20(23)16(25)13-17-21-24(10-12-26(17)22)15-6-2-4-8-19(15)29-21;/h1-8,13H,9-12H2;1H/q+1;/p-1. The van der Waals surface area contributed by atoms with Crippen molar-refractivity contribution in [2.75, 3.05) is 24.5 Å². The number of anilines is 1. The first kappa shape index (κ1) is 18.7. The molecule has 0 unspecified atom stereocenters. The molecule has 0 radical (unpaired) electrons. The Morgan fingerprint density at radius 1 is 0.900 bits per heavy atom. The van der Waals surface area contributed by atoms with Crippen LogP contribution in [0.15, 0.2) is 70.2 Å². The molecule has 8 heteroatoms. The van der Waals surface area contributed by atoms with Gasteiger partial charge in [-0.1, -0.05) is 47.4 Å². The number of urea groups is 1. The lowest BCUT2D eigenvalue weighted by Gasteiger charge is -2.41. The summed E-state index contributed by atoms with van der Waals surface area (Å²) in [6, 6.07) is 17.2. The van der Waals surface area contributed by atoms with Gasteiger partial charge in [-0.15, -0.1) is 0 Å². The fourth-order valence-electron chi connectivity index (χ4n) is 4.72. The predicted octanol–water partition coefficient (Wildman–Crippen LogP) is 1.08. The van der Waals surface area contributed by atoms with Crippen molar-refractivity contribution < 1.29 is 33.3 Å². The van der Waals surface area contributed by atoms with Gasteiger partial charge in [0.2, 0.25) is 5.52 Å². The molecular weight excluding hydrogens is 527 g/mol. The number of aromatic nitrogens is 1. The molecule has 5 heterocycles. The number of para-hydroxylation sites is 2. The Balaban J connectivity index is 0.00000175. The predicted molar refractivity (Wildman–Crippen MR) is 115 cm³/mol. The highest BCUT2D eigenvalue weighted by molar-refractivity contribution is 8.03. The van der Waals surface area contributed by atoms with E-state index in [1.165, 1.54) is 30.8 Å². The van der Waals surface area contributed by atoms with E-state index in [0.29, 0.717) is 0 Å². The number of hydrogen-bond donors (Lipinski definition) is 0. The SMILES string of the molecule is O=C1N2CC[n+]3c(sc4ccccc43)C2=CC2=C3Sc4ccccc4N3CCN12.[I-]. The van der Waals surface area contributed by atoms with E-state index in [1.807, 2.05) is 9.80 Å². The minimum Gasteiger partial charge on any atom is -1.00 e. The van der Waals surface area contributed by atoms with Crippen molar-refractivity contribution in [2.24, 2.45) is 0 Å². The van der Waals surface area contributed by atoms with Crippen LogP contribution in [0.5, 0.6) is 0 Å². The molecule has 1 aromatic heterocycles. The van der Waals surface area contributed by atoms with E-state index in [-0.39, 0.29) is 30.0 Å². The largest absolute Gasteiger partial charge is 1.00 e. The first-order valence-electron chi connectivity index (χ1n) is 9.81. The quantitative estimate of drug-likeness (QED) is 0.314. The third-order valence-corrected chi connectivity index (χ3v) is 8.44. The second-order valence-electron chi connectivity index (χ2n) is 7.55. The molecule has 0 fully saturated rings. The Morgan fingerprint density at radius 3 is 2.63 bits per heavy atom.